The number of nitro benzene ring substituents is 1. The second-order valence-corrected chi connectivity index (χ2v) is 4.78. The standard InChI is InChI=1S/C12H8Cl2N2O5/c13-8-3-6(16(19)20)4-9(14)11(8)15-5-7-1-2-10(21-7)12(17)18/h1-4,15H,5H2,(H,17,18). The monoisotopic (exact) mass is 330 g/mol. The van der Waals surface area contributed by atoms with Crippen LogP contribution in [0, 0.1) is 10.1 Å². The first-order valence-electron chi connectivity index (χ1n) is 5.58. The predicted octanol–water partition coefficient (Wildman–Crippen LogP) is 3.80. The predicted molar refractivity (Wildman–Crippen MR) is 76.1 cm³/mol. The first-order valence-corrected chi connectivity index (χ1v) is 6.33. The Kier molecular flexibility index (Phi) is 4.35. The van der Waals surface area contributed by atoms with Gasteiger partial charge in [0.2, 0.25) is 5.76 Å². The van der Waals surface area contributed by atoms with E-state index in [1.165, 1.54) is 24.3 Å². The first-order chi connectivity index (χ1) is 9.88. The lowest BCUT2D eigenvalue weighted by molar-refractivity contribution is -0.384. The van der Waals surface area contributed by atoms with Gasteiger partial charge in [-0.25, -0.2) is 4.79 Å². The minimum atomic E-state index is -1.17. The Morgan fingerprint density at radius 2 is 1.95 bits per heavy atom. The number of rotatable bonds is 5. The number of nitrogens with zero attached hydrogens (tertiary/aromatic N) is 1. The fourth-order valence-electron chi connectivity index (χ4n) is 1.60. The zero-order chi connectivity index (χ0) is 15.6. The molecule has 1 aromatic carbocycles. The van der Waals surface area contributed by atoms with E-state index in [9.17, 15) is 14.9 Å². The molecule has 0 bridgehead atoms. The van der Waals surface area contributed by atoms with Gasteiger partial charge in [-0.1, -0.05) is 23.2 Å². The lowest BCUT2D eigenvalue weighted by atomic mass is 10.2. The summed E-state index contributed by atoms with van der Waals surface area (Å²) in [5.74, 6) is -1.00. The van der Waals surface area contributed by atoms with Crippen LogP contribution in [0.3, 0.4) is 0 Å². The molecule has 110 valence electrons. The summed E-state index contributed by atoms with van der Waals surface area (Å²) in [6.07, 6.45) is 0. The van der Waals surface area contributed by atoms with Crippen molar-refractivity contribution in [3.8, 4) is 0 Å². The summed E-state index contributed by atoms with van der Waals surface area (Å²) in [6.45, 7) is 0.129. The number of nitro groups is 1. The molecule has 0 aliphatic rings. The molecular weight excluding hydrogens is 323 g/mol. The number of furan rings is 1. The van der Waals surface area contributed by atoms with Gasteiger partial charge in [0.25, 0.3) is 5.69 Å². The Hall–Kier alpha value is -2.25. The number of non-ortho nitro benzene ring substituents is 1. The molecule has 2 rings (SSSR count). The number of anilines is 1. The molecule has 2 aromatic rings. The van der Waals surface area contributed by atoms with Crippen LogP contribution >= 0.6 is 23.2 Å². The molecule has 0 unspecified atom stereocenters. The number of halogens is 2. The van der Waals surface area contributed by atoms with Gasteiger partial charge in [-0.2, -0.15) is 0 Å². The molecule has 0 saturated carbocycles. The van der Waals surface area contributed by atoms with Crippen LogP contribution in [-0.4, -0.2) is 16.0 Å². The Morgan fingerprint density at radius 3 is 2.43 bits per heavy atom. The van der Waals surface area contributed by atoms with E-state index in [2.05, 4.69) is 5.32 Å². The third-order valence-electron chi connectivity index (χ3n) is 2.55. The number of nitrogens with one attached hydrogen (secondary N) is 1. The van der Waals surface area contributed by atoms with Gasteiger partial charge in [0.1, 0.15) is 5.76 Å². The molecule has 0 aliphatic heterocycles. The molecule has 21 heavy (non-hydrogen) atoms. The van der Waals surface area contributed by atoms with Gasteiger partial charge in [-0.15, -0.1) is 0 Å². The molecule has 0 atom stereocenters. The maximum Gasteiger partial charge on any atom is 0.371 e. The van der Waals surface area contributed by atoms with Gasteiger partial charge in [0.15, 0.2) is 0 Å². The van der Waals surface area contributed by atoms with Crippen molar-refractivity contribution in [1.82, 2.24) is 0 Å². The number of carbonyl (C=O) groups is 1. The van der Waals surface area contributed by atoms with Crippen molar-refractivity contribution in [2.75, 3.05) is 5.32 Å². The number of aromatic carboxylic acids is 1. The molecule has 2 N–H and O–H groups in total. The van der Waals surface area contributed by atoms with E-state index in [4.69, 9.17) is 32.7 Å². The molecule has 0 amide bonds. The molecule has 1 aromatic heterocycles. The van der Waals surface area contributed by atoms with Crippen molar-refractivity contribution >= 4 is 40.5 Å². The summed E-state index contributed by atoms with van der Waals surface area (Å²) in [7, 11) is 0. The fraction of sp³-hybridized carbons (Fsp3) is 0.0833. The second kappa shape index (κ2) is 6.02. The maximum atomic E-state index is 10.7. The van der Waals surface area contributed by atoms with Gasteiger partial charge in [-0.05, 0) is 12.1 Å². The van der Waals surface area contributed by atoms with Crippen LogP contribution in [0.1, 0.15) is 16.3 Å². The molecule has 0 spiro atoms. The van der Waals surface area contributed by atoms with Crippen LogP contribution in [0.2, 0.25) is 10.0 Å². The molecule has 1 heterocycles. The van der Waals surface area contributed by atoms with Gasteiger partial charge in [0, 0.05) is 12.1 Å². The van der Waals surface area contributed by atoms with E-state index in [1.54, 1.807) is 0 Å². The van der Waals surface area contributed by atoms with E-state index >= 15 is 0 Å². The highest BCUT2D eigenvalue weighted by Crippen LogP contribution is 2.34. The minimum Gasteiger partial charge on any atom is -0.475 e. The Morgan fingerprint density at radius 1 is 1.33 bits per heavy atom. The third-order valence-corrected chi connectivity index (χ3v) is 3.15. The van der Waals surface area contributed by atoms with Gasteiger partial charge < -0.3 is 14.8 Å². The van der Waals surface area contributed by atoms with E-state index in [0.29, 0.717) is 11.4 Å². The lowest BCUT2D eigenvalue weighted by Crippen LogP contribution is -2.01. The number of benzene rings is 1. The average molecular weight is 331 g/mol. The van der Waals surface area contributed by atoms with Crippen molar-refractivity contribution in [3.05, 3.63) is 55.9 Å². The lowest BCUT2D eigenvalue weighted by Gasteiger charge is -2.09. The number of hydrogen-bond donors (Lipinski definition) is 2. The zero-order valence-electron chi connectivity index (χ0n) is 10.3. The number of carboxylic acids is 1. The maximum absolute atomic E-state index is 10.7. The zero-order valence-corrected chi connectivity index (χ0v) is 11.8. The van der Waals surface area contributed by atoms with Crippen LogP contribution in [0.15, 0.2) is 28.7 Å². The van der Waals surface area contributed by atoms with Crippen LogP contribution in [0.25, 0.3) is 0 Å². The summed E-state index contributed by atoms with van der Waals surface area (Å²) < 4.78 is 5.05. The van der Waals surface area contributed by atoms with E-state index in [-0.39, 0.29) is 28.0 Å². The molecule has 0 aliphatic carbocycles. The van der Waals surface area contributed by atoms with Crippen molar-refractivity contribution in [3.63, 3.8) is 0 Å². The normalized spacial score (nSPS) is 10.4. The Balaban J connectivity index is 2.16. The van der Waals surface area contributed by atoms with Gasteiger partial charge >= 0.3 is 5.97 Å². The Bertz CT molecular complexity index is 690. The highest BCUT2D eigenvalue weighted by molar-refractivity contribution is 6.39. The average Bonchev–Trinajstić information content (AvgIpc) is 2.86. The van der Waals surface area contributed by atoms with Gasteiger partial charge in [0.05, 0.1) is 27.2 Å². The van der Waals surface area contributed by atoms with Gasteiger partial charge in [-0.3, -0.25) is 10.1 Å². The molecule has 9 heteroatoms. The topological polar surface area (TPSA) is 106 Å². The third kappa shape index (κ3) is 3.45. The molecular formula is C12H8Cl2N2O5. The molecule has 0 saturated heterocycles. The summed E-state index contributed by atoms with van der Waals surface area (Å²) in [6, 6.07) is 5.14. The summed E-state index contributed by atoms with van der Waals surface area (Å²) >= 11 is 11.8. The smallest absolute Gasteiger partial charge is 0.371 e. The quantitative estimate of drug-likeness (QED) is 0.637. The highest BCUT2D eigenvalue weighted by Gasteiger charge is 2.15. The summed E-state index contributed by atoms with van der Waals surface area (Å²) in [5, 5.41) is 22.4. The first kappa shape index (κ1) is 15.1. The molecule has 0 radical (unpaired) electrons. The van der Waals surface area contributed by atoms with Crippen molar-refractivity contribution < 1.29 is 19.2 Å². The van der Waals surface area contributed by atoms with Crippen molar-refractivity contribution in [1.29, 1.82) is 0 Å². The molecule has 7 nitrogen and oxygen atoms in total. The van der Waals surface area contributed by atoms with Crippen LogP contribution in [0.5, 0.6) is 0 Å². The Labute approximate surface area is 128 Å². The second-order valence-electron chi connectivity index (χ2n) is 3.97. The van der Waals surface area contributed by atoms with E-state index < -0.39 is 10.9 Å². The molecule has 0 fully saturated rings. The van der Waals surface area contributed by atoms with Crippen LogP contribution in [0.4, 0.5) is 11.4 Å². The van der Waals surface area contributed by atoms with Crippen molar-refractivity contribution in [2.45, 2.75) is 6.54 Å². The summed E-state index contributed by atoms with van der Waals surface area (Å²) in [5.41, 5.74) is 0.0823. The SMILES string of the molecule is O=C(O)c1ccc(CNc2c(Cl)cc([N+](=O)[O-])cc2Cl)o1. The highest BCUT2D eigenvalue weighted by atomic mass is 35.5. The largest absolute Gasteiger partial charge is 0.475 e. The fourth-order valence-corrected chi connectivity index (χ4v) is 2.21. The number of hydrogen-bond acceptors (Lipinski definition) is 5. The van der Waals surface area contributed by atoms with E-state index in [0.717, 1.165) is 0 Å². The van der Waals surface area contributed by atoms with Crippen LogP contribution in [-0.2, 0) is 6.54 Å². The van der Waals surface area contributed by atoms with Crippen molar-refractivity contribution in [2.24, 2.45) is 0 Å². The van der Waals surface area contributed by atoms with E-state index in [1.807, 2.05) is 0 Å². The minimum absolute atomic E-state index is 0.0826. The van der Waals surface area contributed by atoms with Crippen LogP contribution < -0.4 is 5.32 Å². The summed E-state index contributed by atoms with van der Waals surface area (Å²) in [4.78, 5) is 20.7. The number of carboxylic acid groups (broad SMARTS) is 1.